The van der Waals surface area contributed by atoms with Crippen LogP contribution in [0.1, 0.15) is 24.4 Å². The monoisotopic (exact) mass is 222 g/mol. The molecule has 0 bridgehead atoms. The van der Waals surface area contributed by atoms with Crippen molar-refractivity contribution in [3.63, 3.8) is 0 Å². The lowest BCUT2D eigenvalue weighted by atomic mass is 9.86. The molecule has 1 aromatic rings. The highest BCUT2D eigenvalue weighted by Crippen LogP contribution is 2.34. The molecule has 4 heteroatoms. The van der Waals surface area contributed by atoms with Gasteiger partial charge in [-0.2, -0.15) is 5.10 Å². The van der Waals surface area contributed by atoms with Crippen LogP contribution in [0.4, 0.5) is 0 Å². The third-order valence-corrected chi connectivity index (χ3v) is 3.54. The van der Waals surface area contributed by atoms with Gasteiger partial charge < -0.3 is 5.32 Å². The zero-order valence-electron chi connectivity index (χ0n) is 10.5. The van der Waals surface area contributed by atoms with E-state index in [1.165, 1.54) is 24.9 Å². The maximum absolute atomic E-state index is 4.29. The molecule has 4 nitrogen and oxygen atoms in total. The largest absolute Gasteiger partial charge is 0.319 e. The number of hydrogen-bond acceptors (Lipinski definition) is 3. The number of likely N-dealkylation sites (tertiary alicyclic amines) is 1. The summed E-state index contributed by atoms with van der Waals surface area (Å²) < 4.78 is 1.90. The topological polar surface area (TPSA) is 33.1 Å². The molecule has 0 spiro atoms. The minimum absolute atomic E-state index is 0.523. The molecule has 1 saturated heterocycles. The second-order valence-electron chi connectivity index (χ2n) is 4.83. The normalized spacial score (nSPS) is 27.2. The van der Waals surface area contributed by atoms with E-state index in [1.54, 1.807) is 0 Å². The molecule has 0 saturated carbocycles. The number of piperidine rings is 1. The van der Waals surface area contributed by atoms with Crippen LogP contribution in [0.3, 0.4) is 0 Å². The van der Waals surface area contributed by atoms with E-state index in [0.29, 0.717) is 12.0 Å². The Hall–Kier alpha value is -0.870. The van der Waals surface area contributed by atoms with Gasteiger partial charge in [-0.1, -0.05) is 0 Å². The molecule has 1 fully saturated rings. The van der Waals surface area contributed by atoms with Gasteiger partial charge in [0.2, 0.25) is 0 Å². The first-order chi connectivity index (χ1) is 7.72. The molecular weight excluding hydrogens is 200 g/mol. The number of aromatic nitrogens is 2. The van der Waals surface area contributed by atoms with Gasteiger partial charge in [0.25, 0.3) is 0 Å². The van der Waals surface area contributed by atoms with Crippen LogP contribution in [0.25, 0.3) is 0 Å². The van der Waals surface area contributed by atoms with E-state index in [0.717, 1.165) is 6.54 Å². The smallest absolute Gasteiger partial charge is 0.0537 e. The third-order valence-electron chi connectivity index (χ3n) is 3.54. The van der Waals surface area contributed by atoms with Crippen molar-refractivity contribution >= 4 is 0 Å². The van der Waals surface area contributed by atoms with E-state index in [4.69, 9.17) is 0 Å². The van der Waals surface area contributed by atoms with E-state index in [9.17, 15) is 0 Å². The SMILES string of the molecule is CNC[C@@H]1CCCN(C)[C@H]1c1cnn(C)c1. The lowest BCUT2D eigenvalue weighted by Gasteiger charge is -2.38. The zero-order chi connectivity index (χ0) is 11.5. The summed E-state index contributed by atoms with van der Waals surface area (Å²) in [5.41, 5.74) is 1.35. The van der Waals surface area contributed by atoms with E-state index in [-0.39, 0.29) is 0 Å². The van der Waals surface area contributed by atoms with Crippen LogP contribution in [0.2, 0.25) is 0 Å². The van der Waals surface area contributed by atoms with Gasteiger partial charge in [-0.25, -0.2) is 0 Å². The molecule has 0 amide bonds. The number of hydrogen-bond donors (Lipinski definition) is 1. The van der Waals surface area contributed by atoms with Gasteiger partial charge in [-0.15, -0.1) is 0 Å². The first kappa shape index (κ1) is 11.6. The maximum atomic E-state index is 4.29. The molecular formula is C12H22N4. The van der Waals surface area contributed by atoms with Crippen molar-refractivity contribution in [1.82, 2.24) is 20.0 Å². The quantitative estimate of drug-likeness (QED) is 0.829. The van der Waals surface area contributed by atoms with Crippen LogP contribution in [0, 0.1) is 5.92 Å². The van der Waals surface area contributed by atoms with Gasteiger partial charge in [0.1, 0.15) is 0 Å². The van der Waals surface area contributed by atoms with Crippen molar-refractivity contribution in [3.8, 4) is 0 Å². The van der Waals surface area contributed by atoms with E-state index in [2.05, 4.69) is 28.6 Å². The minimum atomic E-state index is 0.523. The Labute approximate surface area is 97.6 Å². The van der Waals surface area contributed by atoms with Crippen LogP contribution in [-0.4, -0.2) is 41.9 Å². The molecule has 1 aliphatic rings. The van der Waals surface area contributed by atoms with Crippen LogP contribution >= 0.6 is 0 Å². The molecule has 1 aliphatic heterocycles. The lowest BCUT2D eigenvalue weighted by Crippen LogP contribution is -2.39. The molecule has 1 N–H and O–H groups in total. The maximum Gasteiger partial charge on any atom is 0.0537 e. The predicted molar refractivity (Wildman–Crippen MR) is 65.2 cm³/mol. The summed E-state index contributed by atoms with van der Waals surface area (Å²) in [6.45, 7) is 2.28. The van der Waals surface area contributed by atoms with Crippen molar-refractivity contribution in [2.75, 3.05) is 27.2 Å². The summed E-state index contributed by atoms with van der Waals surface area (Å²) >= 11 is 0. The Morgan fingerprint density at radius 3 is 2.94 bits per heavy atom. The van der Waals surface area contributed by atoms with Gasteiger partial charge in [-0.3, -0.25) is 9.58 Å². The molecule has 90 valence electrons. The van der Waals surface area contributed by atoms with Crippen molar-refractivity contribution in [1.29, 1.82) is 0 Å². The Morgan fingerprint density at radius 2 is 2.31 bits per heavy atom. The van der Waals surface area contributed by atoms with Gasteiger partial charge in [0.05, 0.1) is 6.20 Å². The van der Waals surface area contributed by atoms with Gasteiger partial charge >= 0.3 is 0 Å². The number of rotatable bonds is 3. The molecule has 0 aromatic carbocycles. The fourth-order valence-electron chi connectivity index (χ4n) is 2.86. The number of nitrogens with one attached hydrogen (secondary N) is 1. The first-order valence-corrected chi connectivity index (χ1v) is 6.05. The molecule has 16 heavy (non-hydrogen) atoms. The van der Waals surface area contributed by atoms with E-state index in [1.807, 2.05) is 25.0 Å². The van der Waals surface area contributed by atoms with Gasteiger partial charge in [0, 0.05) is 24.8 Å². The summed E-state index contributed by atoms with van der Waals surface area (Å²) in [7, 11) is 6.24. The molecule has 2 rings (SSSR count). The number of aryl methyl sites for hydroxylation is 1. The van der Waals surface area contributed by atoms with Gasteiger partial charge in [0.15, 0.2) is 0 Å². The first-order valence-electron chi connectivity index (χ1n) is 6.05. The number of nitrogens with zero attached hydrogens (tertiary/aromatic N) is 3. The lowest BCUT2D eigenvalue weighted by molar-refractivity contribution is 0.121. The van der Waals surface area contributed by atoms with E-state index >= 15 is 0 Å². The molecule has 0 unspecified atom stereocenters. The fraction of sp³-hybridized carbons (Fsp3) is 0.750. The summed E-state index contributed by atoms with van der Waals surface area (Å²) in [5.74, 6) is 0.702. The molecule has 2 atom stereocenters. The highest BCUT2D eigenvalue weighted by molar-refractivity contribution is 5.13. The average Bonchev–Trinajstić information content (AvgIpc) is 2.65. The minimum Gasteiger partial charge on any atom is -0.319 e. The van der Waals surface area contributed by atoms with Crippen LogP contribution in [0.15, 0.2) is 12.4 Å². The van der Waals surface area contributed by atoms with Crippen molar-refractivity contribution < 1.29 is 0 Å². The van der Waals surface area contributed by atoms with E-state index < -0.39 is 0 Å². The second-order valence-corrected chi connectivity index (χ2v) is 4.83. The molecule has 1 aromatic heterocycles. The Morgan fingerprint density at radius 1 is 1.50 bits per heavy atom. The average molecular weight is 222 g/mol. The standard InChI is InChI=1S/C12H22N4/c1-13-7-10-5-4-6-15(2)12(10)11-8-14-16(3)9-11/h8-10,12-13H,4-7H2,1-3H3/t10-,12+/m0/s1. The summed E-state index contributed by atoms with van der Waals surface area (Å²) in [6, 6.07) is 0.523. The Bertz CT molecular complexity index is 332. The summed E-state index contributed by atoms with van der Waals surface area (Å²) in [5, 5.41) is 7.60. The van der Waals surface area contributed by atoms with Crippen LogP contribution in [-0.2, 0) is 7.05 Å². The Balaban J connectivity index is 2.18. The van der Waals surface area contributed by atoms with Crippen molar-refractivity contribution in [2.24, 2.45) is 13.0 Å². The fourth-order valence-corrected chi connectivity index (χ4v) is 2.86. The highest BCUT2D eigenvalue weighted by Gasteiger charge is 2.30. The summed E-state index contributed by atoms with van der Waals surface area (Å²) in [4.78, 5) is 2.46. The Kier molecular flexibility index (Phi) is 3.61. The molecule has 0 aliphatic carbocycles. The van der Waals surface area contributed by atoms with Gasteiger partial charge in [-0.05, 0) is 45.9 Å². The zero-order valence-corrected chi connectivity index (χ0v) is 10.5. The summed E-state index contributed by atoms with van der Waals surface area (Å²) in [6.07, 6.45) is 6.77. The second kappa shape index (κ2) is 4.97. The molecule has 2 heterocycles. The van der Waals surface area contributed by atoms with Crippen molar-refractivity contribution in [3.05, 3.63) is 18.0 Å². The van der Waals surface area contributed by atoms with Crippen LogP contribution < -0.4 is 5.32 Å². The highest BCUT2D eigenvalue weighted by atomic mass is 15.2. The third kappa shape index (κ3) is 2.28. The predicted octanol–water partition coefficient (Wildman–Crippen LogP) is 1.02. The van der Waals surface area contributed by atoms with Crippen LogP contribution in [0.5, 0.6) is 0 Å². The van der Waals surface area contributed by atoms with Crippen molar-refractivity contribution in [2.45, 2.75) is 18.9 Å². The molecule has 0 radical (unpaired) electrons.